The predicted molar refractivity (Wildman–Crippen MR) is 118 cm³/mol. The highest BCUT2D eigenvalue weighted by Crippen LogP contribution is 2.30. The summed E-state index contributed by atoms with van der Waals surface area (Å²) in [4.78, 5) is 15.0. The van der Waals surface area contributed by atoms with Crippen LogP contribution in [-0.2, 0) is 6.54 Å². The summed E-state index contributed by atoms with van der Waals surface area (Å²) in [5.74, 6) is 0.276. The Morgan fingerprint density at radius 1 is 1.13 bits per heavy atom. The van der Waals surface area contributed by atoms with Gasteiger partial charge in [0.1, 0.15) is 6.17 Å². The molecule has 2 aliphatic rings. The number of anilines is 2. The van der Waals surface area contributed by atoms with E-state index in [9.17, 15) is 13.6 Å². The van der Waals surface area contributed by atoms with Gasteiger partial charge in [-0.1, -0.05) is 6.07 Å². The Labute approximate surface area is 181 Å². The second-order valence-corrected chi connectivity index (χ2v) is 8.37. The van der Waals surface area contributed by atoms with Crippen LogP contribution in [0.5, 0.6) is 5.75 Å². The zero-order valence-corrected chi connectivity index (χ0v) is 17.8. The number of piperidine rings is 1. The summed E-state index contributed by atoms with van der Waals surface area (Å²) in [7, 11) is 1.43. The second kappa shape index (κ2) is 9.54. The first-order chi connectivity index (χ1) is 15.0. The van der Waals surface area contributed by atoms with Gasteiger partial charge in [0, 0.05) is 37.6 Å². The Hall–Kier alpha value is -2.83. The van der Waals surface area contributed by atoms with Crippen LogP contribution in [0.1, 0.15) is 41.6 Å². The molecule has 1 aliphatic heterocycles. The quantitative estimate of drug-likeness (QED) is 0.648. The number of rotatable bonds is 8. The maximum absolute atomic E-state index is 13.9. The minimum atomic E-state index is -0.769. The molecule has 1 saturated carbocycles. The minimum Gasteiger partial charge on any atom is -0.494 e. The Morgan fingerprint density at radius 3 is 2.58 bits per heavy atom. The Balaban J connectivity index is 1.50. The number of ether oxygens (including phenoxy) is 1. The molecule has 1 heterocycles. The molecule has 2 fully saturated rings. The maximum Gasteiger partial charge on any atom is 0.253 e. The number of nitrogens with one attached hydrogen (secondary N) is 2. The average Bonchev–Trinajstić information content (AvgIpc) is 3.61. The van der Waals surface area contributed by atoms with Crippen molar-refractivity contribution in [3.63, 3.8) is 0 Å². The van der Waals surface area contributed by atoms with Crippen molar-refractivity contribution in [1.82, 2.24) is 5.32 Å². The van der Waals surface area contributed by atoms with E-state index >= 15 is 0 Å². The van der Waals surface area contributed by atoms with Crippen LogP contribution in [-0.4, -0.2) is 38.8 Å². The lowest BCUT2D eigenvalue weighted by Gasteiger charge is -2.32. The number of hydrogen-bond acceptors (Lipinski definition) is 4. The molecule has 31 heavy (non-hydrogen) atoms. The summed E-state index contributed by atoms with van der Waals surface area (Å²) in [5, 5.41) is 6.31. The van der Waals surface area contributed by atoms with E-state index in [-0.39, 0.29) is 11.7 Å². The van der Waals surface area contributed by atoms with E-state index in [1.165, 1.54) is 13.2 Å². The number of carbonyl (C=O) groups is 1. The second-order valence-electron chi connectivity index (χ2n) is 8.37. The zero-order chi connectivity index (χ0) is 21.8. The van der Waals surface area contributed by atoms with Crippen molar-refractivity contribution in [2.75, 3.05) is 37.0 Å². The Bertz CT molecular complexity index is 925. The SMILES string of the molecule is COc1ccc(CNc2ccc(N3CCC(F)CC3)c(C(=O)NCC3CC3)c2)cc1F. The third-order valence-electron chi connectivity index (χ3n) is 5.97. The maximum atomic E-state index is 13.9. The molecule has 4 rings (SSSR count). The largest absolute Gasteiger partial charge is 0.494 e. The number of nitrogens with zero attached hydrogens (tertiary/aromatic N) is 1. The van der Waals surface area contributed by atoms with Crippen molar-refractivity contribution in [2.45, 2.75) is 38.4 Å². The fourth-order valence-corrected chi connectivity index (χ4v) is 3.87. The van der Waals surface area contributed by atoms with Crippen LogP contribution in [0.25, 0.3) is 0 Å². The Kier molecular flexibility index (Phi) is 6.59. The molecular formula is C24H29F2N3O2. The molecule has 0 bridgehead atoms. The fraction of sp³-hybridized carbons (Fsp3) is 0.458. The van der Waals surface area contributed by atoms with Crippen molar-refractivity contribution in [3.05, 3.63) is 53.3 Å². The van der Waals surface area contributed by atoms with Crippen molar-refractivity contribution in [2.24, 2.45) is 5.92 Å². The van der Waals surface area contributed by atoms with Gasteiger partial charge >= 0.3 is 0 Å². The number of hydrogen-bond donors (Lipinski definition) is 2. The highest BCUT2D eigenvalue weighted by atomic mass is 19.1. The Morgan fingerprint density at radius 2 is 1.90 bits per heavy atom. The molecular weight excluding hydrogens is 400 g/mol. The van der Waals surface area contributed by atoms with E-state index < -0.39 is 12.0 Å². The van der Waals surface area contributed by atoms with Gasteiger partial charge in [-0.2, -0.15) is 0 Å². The van der Waals surface area contributed by atoms with Crippen molar-refractivity contribution in [1.29, 1.82) is 0 Å². The van der Waals surface area contributed by atoms with Crippen LogP contribution in [0.3, 0.4) is 0 Å². The number of carbonyl (C=O) groups excluding carboxylic acids is 1. The zero-order valence-electron chi connectivity index (χ0n) is 17.8. The molecule has 166 valence electrons. The van der Waals surface area contributed by atoms with E-state index in [1.807, 2.05) is 18.2 Å². The van der Waals surface area contributed by atoms with Gasteiger partial charge in [0.15, 0.2) is 11.6 Å². The summed E-state index contributed by atoms with van der Waals surface area (Å²) < 4.78 is 32.5. The van der Waals surface area contributed by atoms with E-state index in [0.717, 1.165) is 29.8 Å². The molecule has 1 aliphatic carbocycles. The standard InChI is InChI=1S/C24H29F2N3O2/c1-31-23-7-4-17(12-21(23)26)15-27-19-5-6-22(29-10-8-18(25)9-11-29)20(13-19)24(30)28-14-16-2-3-16/h4-7,12-13,16,18,27H,2-3,8-11,14-15H2,1H3,(H,28,30). The first kappa shape index (κ1) is 21.4. The summed E-state index contributed by atoms with van der Waals surface area (Å²) in [6, 6.07) is 10.5. The van der Waals surface area contributed by atoms with Crippen molar-refractivity contribution in [3.8, 4) is 5.75 Å². The smallest absolute Gasteiger partial charge is 0.253 e. The molecule has 0 aromatic heterocycles. The molecule has 1 saturated heterocycles. The van der Waals surface area contributed by atoms with Gasteiger partial charge in [-0.25, -0.2) is 8.78 Å². The van der Waals surface area contributed by atoms with Crippen molar-refractivity contribution < 1.29 is 18.3 Å². The van der Waals surface area contributed by atoms with Crippen LogP contribution in [0, 0.1) is 11.7 Å². The topological polar surface area (TPSA) is 53.6 Å². The van der Waals surface area contributed by atoms with Gasteiger partial charge < -0.3 is 20.3 Å². The lowest BCUT2D eigenvalue weighted by atomic mass is 10.0. The normalized spacial score (nSPS) is 16.8. The number of alkyl halides is 1. The first-order valence-corrected chi connectivity index (χ1v) is 10.9. The monoisotopic (exact) mass is 429 g/mol. The summed E-state index contributed by atoms with van der Waals surface area (Å²) in [6.45, 7) is 2.30. The third-order valence-corrected chi connectivity index (χ3v) is 5.97. The summed E-state index contributed by atoms with van der Waals surface area (Å²) >= 11 is 0. The molecule has 7 heteroatoms. The van der Waals surface area contributed by atoms with Crippen LogP contribution in [0.4, 0.5) is 20.2 Å². The third kappa shape index (κ3) is 5.46. The minimum absolute atomic E-state index is 0.108. The molecule has 2 aromatic rings. The number of benzene rings is 2. The van der Waals surface area contributed by atoms with E-state index in [0.29, 0.717) is 50.5 Å². The number of halogens is 2. The summed E-state index contributed by atoms with van der Waals surface area (Å²) in [6.07, 6.45) is 2.52. The fourth-order valence-electron chi connectivity index (χ4n) is 3.87. The predicted octanol–water partition coefficient (Wildman–Crippen LogP) is 4.52. The molecule has 2 N–H and O–H groups in total. The average molecular weight is 430 g/mol. The lowest BCUT2D eigenvalue weighted by Crippen LogP contribution is -2.36. The van der Waals surface area contributed by atoms with Gasteiger partial charge in [-0.05, 0) is 67.5 Å². The summed E-state index contributed by atoms with van der Waals surface area (Å²) in [5.41, 5.74) is 2.97. The van der Waals surface area contributed by atoms with E-state index in [4.69, 9.17) is 4.74 Å². The van der Waals surface area contributed by atoms with E-state index in [1.54, 1.807) is 12.1 Å². The molecule has 0 radical (unpaired) electrons. The van der Waals surface area contributed by atoms with Crippen LogP contribution in [0.2, 0.25) is 0 Å². The van der Waals surface area contributed by atoms with Crippen molar-refractivity contribution >= 4 is 17.3 Å². The van der Waals surface area contributed by atoms with Gasteiger partial charge in [0.2, 0.25) is 0 Å². The van der Waals surface area contributed by atoms with E-state index in [2.05, 4.69) is 15.5 Å². The molecule has 0 atom stereocenters. The van der Waals surface area contributed by atoms with Crippen LogP contribution < -0.4 is 20.3 Å². The number of methoxy groups -OCH3 is 1. The molecule has 1 amide bonds. The lowest BCUT2D eigenvalue weighted by molar-refractivity contribution is 0.0952. The van der Waals surface area contributed by atoms with Gasteiger partial charge in [0.25, 0.3) is 5.91 Å². The van der Waals surface area contributed by atoms with Crippen LogP contribution in [0.15, 0.2) is 36.4 Å². The first-order valence-electron chi connectivity index (χ1n) is 10.9. The molecule has 0 spiro atoms. The van der Waals surface area contributed by atoms with Crippen LogP contribution >= 0.6 is 0 Å². The molecule has 5 nitrogen and oxygen atoms in total. The molecule has 2 aromatic carbocycles. The molecule has 0 unspecified atom stereocenters. The highest BCUT2D eigenvalue weighted by molar-refractivity contribution is 6.01. The van der Waals surface area contributed by atoms with Gasteiger partial charge in [-0.15, -0.1) is 0 Å². The van der Waals surface area contributed by atoms with Gasteiger partial charge in [0.05, 0.1) is 12.7 Å². The number of amides is 1. The highest BCUT2D eigenvalue weighted by Gasteiger charge is 2.25. The van der Waals surface area contributed by atoms with Gasteiger partial charge in [-0.3, -0.25) is 4.79 Å².